The highest BCUT2D eigenvalue weighted by atomic mass is 35.5. The summed E-state index contributed by atoms with van der Waals surface area (Å²) in [6.07, 6.45) is 2.75. The number of thioether (sulfide) groups is 1. The average Bonchev–Trinajstić information content (AvgIpc) is 3.52. The lowest BCUT2D eigenvalue weighted by molar-refractivity contribution is -0.113. The van der Waals surface area contributed by atoms with Crippen molar-refractivity contribution in [1.29, 1.82) is 0 Å². The molecule has 0 radical (unpaired) electrons. The molecule has 8 nitrogen and oxygen atoms in total. The van der Waals surface area contributed by atoms with Gasteiger partial charge in [0.25, 0.3) is 0 Å². The Morgan fingerprint density at radius 3 is 2.85 bits per heavy atom. The number of anilines is 1. The smallest absolute Gasteiger partial charge is 0.341 e. The normalized spacial score (nSPS) is 12.5. The Morgan fingerprint density at radius 2 is 2.09 bits per heavy atom. The van der Waals surface area contributed by atoms with E-state index in [0.29, 0.717) is 43.9 Å². The van der Waals surface area contributed by atoms with Gasteiger partial charge in [-0.3, -0.25) is 4.79 Å². The lowest BCUT2D eigenvalue weighted by Crippen LogP contribution is -2.17. The van der Waals surface area contributed by atoms with E-state index in [0.717, 1.165) is 29.7 Å². The van der Waals surface area contributed by atoms with Gasteiger partial charge in [-0.25, -0.2) is 4.79 Å². The van der Waals surface area contributed by atoms with Crippen molar-refractivity contribution in [2.24, 2.45) is 0 Å². The number of carbonyl (C=O) groups excluding carboxylic acids is 2. The van der Waals surface area contributed by atoms with Crippen LogP contribution in [-0.2, 0) is 35.5 Å². The van der Waals surface area contributed by atoms with Gasteiger partial charge in [0.05, 0.1) is 23.4 Å². The summed E-state index contributed by atoms with van der Waals surface area (Å²) in [7, 11) is 1.35. The molecule has 12 heteroatoms. The second kappa shape index (κ2) is 11.0. The van der Waals surface area contributed by atoms with Gasteiger partial charge in [-0.15, -0.1) is 21.5 Å². The minimum absolute atomic E-state index is 0.113. The molecule has 3 aromatic rings. The summed E-state index contributed by atoms with van der Waals surface area (Å²) in [5, 5.41) is 13.4. The number of carbonyl (C=O) groups is 2. The van der Waals surface area contributed by atoms with Crippen LogP contribution in [0.1, 0.15) is 40.0 Å². The van der Waals surface area contributed by atoms with Crippen molar-refractivity contribution in [1.82, 2.24) is 14.8 Å². The van der Waals surface area contributed by atoms with Gasteiger partial charge in [-0.1, -0.05) is 35.0 Å². The van der Waals surface area contributed by atoms with E-state index in [9.17, 15) is 9.59 Å². The maximum Gasteiger partial charge on any atom is 0.341 e. The second-order valence-corrected chi connectivity index (χ2v) is 10.3. The molecule has 0 atom stereocenters. The number of fused-ring (bicyclic) bond motifs is 1. The van der Waals surface area contributed by atoms with Crippen LogP contribution in [0.4, 0.5) is 5.00 Å². The molecule has 1 N–H and O–H groups in total. The lowest BCUT2D eigenvalue weighted by atomic mass is 10.1. The molecule has 0 aliphatic heterocycles. The fraction of sp³-hybridized carbons (Fsp3) is 0.364. The Morgan fingerprint density at radius 1 is 1.26 bits per heavy atom. The molecule has 0 spiro atoms. The first kappa shape index (κ1) is 24.8. The maximum absolute atomic E-state index is 12.7. The summed E-state index contributed by atoms with van der Waals surface area (Å²) in [6.45, 7) is 2.71. The zero-order chi connectivity index (χ0) is 24.2. The molecular weight excluding hydrogens is 519 g/mol. The van der Waals surface area contributed by atoms with Crippen molar-refractivity contribution in [3.63, 3.8) is 0 Å². The highest BCUT2D eigenvalue weighted by Gasteiger charge is 2.28. The summed E-state index contributed by atoms with van der Waals surface area (Å²) in [5.74, 6) is 0.519. The number of hydrogen-bond donors (Lipinski definition) is 1. The lowest BCUT2D eigenvalue weighted by Gasteiger charge is -2.10. The molecule has 1 amide bonds. The zero-order valence-electron chi connectivity index (χ0n) is 18.5. The van der Waals surface area contributed by atoms with Crippen LogP contribution in [0.15, 0.2) is 23.4 Å². The molecule has 34 heavy (non-hydrogen) atoms. The van der Waals surface area contributed by atoms with E-state index < -0.39 is 5.97 Å². The Hall–Kier alpha value is -2.27. The minimum atomic E-state index is -0.419. The number of aromatic nitrogens is 3. The summed E-state index contributed by atoms with van der Waals surface area (Å²) >= 11 is 14.9. The van der Waals surface area contributed by atoms with Crippen LogP contribution in [0.5, 0.6) is 5.75 Å². The first-order chi connectivity index (χ1) is 16.4. The molecule has 2 aromatic heterocycles. The monoisotopic (exact) mass is 540 g/mol. The molecule has 0 fully saturated rings. The standard InChI is InChI=1S/C22H22Cl2N4O4S2/c1-3-28-17(10-32-15-9-12(23)7-8-14(15)24)26-27-22(28)33-11-18(29)25-20-19(21(30)31-2)13-5-4-6-16(13)34-20/h7-9H,3-6,10-11H2,1-2H3,(H,25,29). The molecule has 0 saturated carbocycles. The van der Waals surface area contributed by atoms with Gasteiger partial charge in [-0.2, -0.15) is 0 Å². The van der Waals surface area contributed by atoms with Gasteiger partial charge in [0.1, 0.15) is 17.4 Å². The third kappa shape index (κ3) is 5.35. The third-order valence-electron chi connectivity index (χ3n) is 5.26. The number of aryl methyl sites for hydroxylation is 1. The van der Waals surface area contributed by atoms with Crippen molar-refractivity contribution < 1.29 is 19.1 Å². The highest BCUT2D eigenvalue weighted by Crippen LogP contribution is 2.39. The van der Waals surface area contributed by atoms with Crippen LogP contribution < -0.4 is 10.1 Å². The Labute approximate surface area is 214 Å². The van der Waals surface area contributed by atoms with Gasteiger partial charge < -0.3 is 19.4 Å². The van der Waals surface area contributed by atoms with Crippen molar-refractivity contribution in [2.45, 2.75) is 44.5 Å². The number of thiophene rings is 1. The number of rotatable bonds is 9. The molecule has 1 aromatic carbocycles. The number of benzene rings is 1. The second-order valence-electron chi connectivity index (χ2n) is 7.40. The van der Waals surface area contributed by atoms with Crippen molar-refractivity contribution >= 4 is 63.2 Å². The maximum atomic E-state index is 12.7. The van der Waals surface area contributed by atoms with E-state index in [-0.39, 0.29) is 18.3 Å². The fourth-order valence-corrected chi connectivity index (χ4v) is 6.13. The van der Waals surface area contributed by atoms with Crippen molar-refractivity contribution in [3.8, 4) is 5.75 Å². The predicted octanol–water partition coefficient (Wildman–Crippen LogP) is 5.25. The van der Waals surface area contributed by atoms with Crippen molar-refractivity contribution in [3.05, 3.63) is 50.1 Å². The van der Waals surface area contributed by atoms with Crippen LogP contribution >= 0.6 is 46.3 Å². The van der Waals surface area contributed by atoms with Crippen LogP contribution in [0.3, 0.4) is 0 Å². The van der Waals surface area contributed by atoms with Gasteiger partial charge >= 0.3 is 5.97 Å². The SMILES string of the molecule is CCn1c(COc2cc(Cl)ccc2Cl)nnc1SCC(=O)Nc1sc2c(c1C(=O)OC)CCC2. The van der Waals surface area contributed by atoms with Crippen LogP contribution in [0.2, 0.25) is 10.0 Å². The van der Waals surface area contributed by atoms with E-state index >= 15 is 0 Å². The number of methoxy groups -OCH3 is 1. The molecular formula is C22H22Cl2N4O4S2. The molecule has 1 aliphatic rings. The molecule has 1 aliphatic carbocycles. The topological polar surface area (TPSA) is 95.3 Å². The molecule has 0 bridgehead atoms. The fourth-order valence-electron chi connectivity index (χ4n) is 3.68. The quantitative estimate of drug-likeness (QED) is 0.292. The Bertz CT molecular complexity index is 1230. The molecule has 4 rings (SSSR count). The van der Waals surface area contributed by atoms with Crippen LogP contribution in [-0.4, -0.2) is 39.5 Å². The number of ether oxygens (including phenoxy) is 2. The number of amides is 1. The van der Waals surface area contributed by atoms with Crippen LogP contribution in [0.25, 0.3) is 0 Å². The average molecular weight is 541 g/mol. The molecule has 180 valence electrons. The Kier molecular flexibility index (Phi) is 8.02. The summed E-state index contributed by atoms with van der Waals surface area (Å²) < 4.78 is 12.6. The number of nitrogens with zero attached hydrogens (tertiary/aromatic N) is 3. The summed E-state index contributed by atoms with van der Waals surface area (Å²) in [6, 6.07) is 4.99. The van der Waals surface area contributed by atoms with Crippen LogP contribution in [0, 0.1) is 0 Å². The van der Waals surface area contributed by atoms with E-state index in [2.05, 4.69) is 15.5 Å². The predicted molar refractivity (Wildman–Crippen MR) is 134 cm³/mol. The van der Waals surface area contributed by atoms with E-state index in [1.54, 1.807) is 18.2 Å². The summed E-state index contributed by atoms with van der Waals surface area (Å²) in [5.41, 5.74) is 1.48. The van der Waals surface area contributed by atoms with Gasteiger partial charge in [0, 0.05) is 22.5 Å². The van der Waals surface area contributed by atoms with E-state index in [1.165, 1.54) is 30.2 Å². The number of nitrogens with one attached hydrogen (secondary N) is 1. The van der Waals surface area contributed by atoms with E-state index in [1.807, 2.05) is 11.5 Å². The Balaban J connectivity index is 1.40. The zero-order valence-corrected chi connectivity index (χ0v) is 21.7. The largest absolute Gasteiger partial charge is 0.484 e. The van der Waals surface area contributed by atoms with Gasteiger partial charge in [-0.05, 0) is 43.9 Å². The van der Waals surface area contributed by atoms with E-state index in [4.69, 9.17) is 32.7 Å². The third-order valence-corrected chi connectivity index (χ3v) is 7.98. The first-order valence-corrected chi connectivity index (χ1v) is 13.1. The first-order valence-electron chi connectivity index (χ1n) is 10.6. The minimum Gasteiger partial charge on any atom is -0.484 e. The molecule has 0 saturated heterocycles. The highest BCUT2D eigenvalue weighted by molar-refractivity contribution is 7.99. The number of halogens is 2. The van der Waals surface area contributed by atoms with Crippen molar-refractivity contribution in [2.75, 3.05) is 18.2 Å². The van der Waals surface area contributed by atoms with Gasteiger partial charge in [0.15, 0.2) is 11.0 Å². The molecule has 0 unspecified atom stereocenters. The number of esters is 1. The summed E-state index contributed by atoms with van der Waals surface area (Å²) in [4.78, 5) is 26.1. The number of hydrogen-bond acceptors (Lipinski definition) is 8. The molecule has 2 heterocycles. The van der Waals surface area contributed by atoms with Gasteiger partial charge in [0.2, 0.25) is 5.91 Å².